The molecule has 0 amide bonds. The van der Waals surface area contributed by atoms with Crippen LogP contribution in [0.3, 0.4) is 0 Å². The van der Waals surface area contributed by atoms with E-state index in [2.05, 4.69) is 0 Å². The zero-order valence-electron chi connectivity index (χ0n) is 13.9. The van der Waals surface area contributed by atoms with Gasteiger partial charge in [0.25, 0.3) is 0 Å². The molecule has 2 aromatic rings. The number of allylic oxidation sites excluding steroid dienone is 2. The van der Waals surface area contributed by atoms with Crippen LogP contribution in [-0.4, -0.2) is 21.8 Å². The number of carbonyl (C=O) groups excluding carboxylic acids is 2. The Morgan fingerprint density at radius 2 is 0.960 bits per heavy atom. The minimum Gasteiger partial charge on any atom is -0.507 e. The van der Waals surface area contributed by atoms with Crippen LogP contribution < -0.4 is 0 Å². The van der Waals surface area contributed by atoms with Crippen molar-refractivity contribution in [2.24, 2.45) is 0 Å². The van der Waals surface area contributed by atoms with Gasteiger partial charge in [-0.25, -0.2) is 0 Å². The van der Waals surface area contributed by atoms with Crippen LogP contribution in [0.5, 0.6) is 0 Å². The molecule has 0 atom stereocenters. The summed E-state index contributed by atoms with van der Waals surface area (Å²) in [6.07, 6.45) is 2.41. The SMILES string of the molecule is CC(=O)C=C(O)c1ccccc1.CC(=O)C=C(O)c1ccccc1.[Cu]. The van der Waals surface area contributed by atoms with Gasteiger partial charge in [0.05, 0.1) is 0 Å². The van der Waals surface area contributed by atoms with Crippen LogP contribution in [0, 0.1) is 0 Å². The maximum absolute atomic E-state index is 10.6. The second-order valence-corrected chi connectivity index (χ2v) is 5.01. The first-order chi connectivity index (χ1) is 11.4. The predicted molar refractivity (Wildman–Crippen MR) is 95.5 cm³/mol. The van der Waals surface area contributed by atoms with E-state index in [0.29, 0.717) is 11.1 Å². The van der Waals surface area contributed by atoms with Gasteiger partial charge in [-0.15, -0.1) is 0 Å². The van der Waals surface area contributed by atoms with Gasteiger partial charge in [0.2, 0.25) is 0 Å². The van der Waals surface area contributed by atoms with Gasteiger partial charge >= 0.3 is 0 Å². The van der Waals surface area contributed by atoms with E-state index in [1.807, 2.05) is 12.1 Å². The predicted octanol–water partition coefficient (Wildman–Crippen LogP) is 4.35. The van der Waals surface area contributed by atoms with E-state index in [-0.39, 0.29) is 40.2 Å². The van der Waals surface area contributed by atoms with Crippen LogP contribution in [0.15, 0.2) is 72.8 Å². The Bertz CT molecular complexity index is 669. The van der Waals surface area contributed by atoms with E-state index in [0.717, 1.165) is 0 Å². The van der Waals surface area contributed by atoms with Crippen molar-refractivity contribution in [2.75, 3.05) is 0 Å². The number of benzene rings is 2. The first-order valence-corrected chi connectivity index (χ1v) is 7.33. The van der Waals surface area contributed by atoms with Crippen molar-refractivity contribution in [1.29, 1.82) is 0 Å². The second-order valence-electron chi connectivity index (χ2n) is 5.01. The van der Waals surface area contributed by atoms with E-state index >= 15 is 0 Å². The fraction of sp³-hybridized carbons (Fsp3) is 0.100. The van der Waals surface area contributed by atoms with Crippen molar-refractivity contribution >= 4 is 23.1 Å². The quantitative estimate of drug-likeness (QED) is 0.464. The van der Waals surface area contributed by atoms with E-state index < -0.39 is 0 Å². The van der Waals surface area contributed by atoms with E-state index in [1.165, 1.54) is 26.0 Å². The molecule has 0 aliphatic rings. The van der Waals surface area contributed by atoms with E-state index in [1.54, 1.807) is 48.5 Å². The molecular formula is C20H20CuO4. The maximum atomic E-state index is 10.6. The Balaban J connectivity index is 0.000000443. The average molecular weight is 388 g/mol. The summed E-state index contributed by atoms with van der Waals surface area (Å²) >= 11 is 0. The molecule has 0 saturated carbocycles. The number of rotatable bonds is 4. The molecular weight excluding hydrogens is 368 g/mol. The Hall–Kier alpha value is -2.62. The molecule has 0 saturated heterocycles. The molecule has 0 spiro atoms. The molecule has 4 nitrogen and oxygen atoms in total. The summed E-state index contributed by atoms with van der Waals surface area (Å²) in [5.41, 5.74) is 1.32. The summed E-state index contributed by atoms with van der Waals surface area (Å²) in [6.45, 7) is 2.80. The van der Waals surface area contributed by atoms with Gasteiger partial charge in [0, 0.05) is 40.3 Å². The van der Waals surface area contributed by atoms with Crippen molar-refractivity contribution in [3.8, 4) is 0 Å². The molecule has 2 N–H and O–H groups in total. The third kappa shape index (κ3) is 9.30. The molecule has 0 aromatic heterocycles. The molecule has 0 fully saturated rings. The average Bonchev–Trinajstić information content (AvgIpc) is 2.56. The number of ketones is 2. The standard InChI is InChI=1S/2C10H10O2.Cu/c2*1-8(11)7-10(12)9-5-3-2-4-6-9;/h2*2-7,12H,1H3;. The number of aliphatic hydroxyl groups excluding tert-OH is 2. The van der Waals surface area contributed by atoms with Gasteiger partial charge in [-0.1, -0.05) is 60.7 Å². The van der Waals surface area contributed by atoms with Gasteiger partial charge in [0.1, 0.15) is 11.5 Å². The van der Waals surface area contributed by atoms with Crippen molar-refractivity contribution in [3.05, 3.63) is 83.9 Å². The molecule has 2 aromatic carbocycles. The topological polar surface area (TPSA) is 74.6 Å². The normalized spacial score (nSPS) is 10.8. The van der Waals surface area contributed by atoms with Crippen molar-refractivity contribution in [1.82, 2.24) is 0 Å². The van der Waals surface area contributed by atoms with E-state index in [9.17, 15) is 19.8 Å². The number of carbonyl (C=O) groups is 2. The van der Waals surface area contributed by atoms with Crippen molar-refractivity contribution in [2.45, 2.75) is 13.8 Å². The third-order valence-electron chi connectivity index (χ3n) is 2.82. The number of hydrogen-bond donors (Lipinski definition) is 2. The van der Waals surface area contributed by atoms with Crippen molar-refractivity contribution < 1.29 is 36.9 Å². The van der Waals surface area contributed by atoms with Crippen LogP contribution in [0.4, 0.5) is 0 Å². The molecule has 0 bridgehead atoms. The van der Waals surface area contributed by atoms with Crippen molar-refractivity contribution in [3.63, 3.8) is 0 Å². The van der Waals surface area contributed by atoms with Crippen LogP contribution >= 0.6 is 0 Å². The summed E-state index contributed by atoms with van der Waals surface area (Å²) in [4.78, 5) is 21.2. The molecule has 135 valence electrons. The number of hydrogen-bond acceptors (Lipinski definition) is 4. The minimum absolute atomic E-state index is 0. The second kappa shape index (κ2) is 11.8. The minimum atomic E-state index is -0.156. The third-order valence-corrected chi connectivity index (χ3v) is 2.82. The fourth-order valence-corrected chi connectivity index (χ4v) is 1.77. The van der Waals surface area contributed by atoms with E-state index in [4.69, 9.17) is 0 Å². The summed E-state index contributed by atoms with van der Waals surface area (Å²) in [5, 5.41) is 18.7. The maximum Gasteiger partial charge on any atom is 0.156 e. The summed E-state index contributed by atoms with van der Waals surface area (Å²) in [5.74, 6) is -0.279. The number of aliphatic hydroxyl groups is 2. The molecule has 1 radical (unpaired) electrons. The Kier molecular flexibility index (Phi) is 10.6. The van der Waals surface area contributed by atoms with Crippen LogP contribution in [0.25, 0.3) is 11.5 Å². The summed E-state index contributed by atoms with van der Waals surface area (Å²) in [7, 11) is 0. The van der Waals surface area contributed by atoms with Gasteiger partial charge < -0.3 is 10.2 Å². The van der Waals surface area contributed by atoms with Gasteiger partial charge in [-0.05, 0) is 13.8 Å². The molecule has 0 aliphatic carbocycles. The molecule has 5 heteroatoms. The zero-order valence-corrected chi connectivity index (χ0v) is 14.9. The molecule has 0 heterocycles. The molecule has 2 rings (SSSR count). The largest absolute Gasteiger partial charge is 0.507 e. The van der Waals surface area contributed by atoms with Gasteiger partial charge in [0.15, 0.2) is 11.6 Å². The molecule has 25 heavy (non-hydrogen) atoms. The first kappa shape index (κ1) is 22.4. The summed E-state index contributed by atoms with van der Waals surface area (Å²) in [6, 6.07) is 17.9. The first-order valence-electron chi connectivity index (χ1n) is 7.33. The molecule has 0 aliphatic heterocycles. The molecule has 0 unspecified atom stereocenters. The van der Waals surface area contributed by atoms with Gasteiger partial charge in [-0.2, -0.15) is 0 Å². The van der Waals surface area contributed by atoms with Crippen LogP contribution in [0.2, 0.25) is 0 Å². The van der Waals surface area contributed by atoms with Crippen LogP contribution in [-0.2, 0) is 26.7 Å². The van der Waals surface area contributed by atoms with Crippen LogP contribution in [0.1, 0.15) is 25.0 Å². The van der Waals surface area contributed by atoms with Gasteiger partial charge in [-0.3, -0.25) is 9.59 Å². The summed E-state index contributed by atoms with van der Waals surface area (Å²) < 4.78 is 0. The zero-order chi connectivity index (χ0) is 17.9. The Morgan fingerprint density at radius 3 is 1.20 bits per heavy atom. The smallest absolute Gasteiger partial charge is 0.156 e. The Morgan fingerprint density at radius 1 is 0.680 bits per heavy atom. The Labute approximate surface area is 158 Å². The monoisotopic (exact) mass is 387 g/mol. The fourth-order valence-electron chi connectivity index (χ4n) is 1.77.